The van der Waals surface area contributed by atoms with Crippen LogP contribution in [0.1, 0.15) is 10.4 Å². The summed E-state index contributed by atoms with van der Waals surface area (Å²) in [5.74, 6) is 0.112. The molecule has 0 saturated carbocycles. The lowest BCUT2D eigenvalue weighted by atomic mass is 10.2. The number of halogens is 1. The van der Waals surface area contributed by atoms with E-state index in [9.17, 15) is 9.59 Å². The number of methoxy groups -OCH3 is 1. The molecular formula is C16H15IN2O4. The zero-order valence-corrected chi connectivity index (χ0v) is 14.5. The molecule has 0 heterocycles. The molecule has 2 aromatic rings. The van der Waals surface area contributed by atoms with E-state index in [1.54, 1.807) is 42.5 Å². The number of hydrogen-bond acceptors (Lipinski definition) is 4. The molecule has 0 saturated heterocycles. The summed E-state index contributed by atoms with van der Waals surface area (Å²) in [4.78, 5) is 23.6. The quantitative estimate of drug-likeness (QED) is 0.568. The maximum Gasteiger partial charge on any atom is 0.276 e. The first-order valence-electron chi connectivity index (χ1n) is 6.70. The molecule has 0 spiro atoms. The fraction of sp³-hybridized carbons (Fsp3) is 0.125. The normalized spacial score (nSPS) is 9.83. The molecule has 6 nitrogen and oxygen atoms in total. The smallest absolute Gasteiger partial charge is 0.276 e. The Labute approximate surface area is 147 Å². The lowest BCUT2D eigenvalue weighted by Gasteiger charge is -2.11. The molecule has 0 aliphatic carbocycles. The number of ether oxygens (including phenoxy) is 2. The van der Waals surface area contributed by atoms with Crippen LogP contribution in [0.15, 0.2) is 48.5 Å². The number of hydrogen-bond donors (Lipinski definition) is 2. The van der Waals surface area contributed by atoms with Gasteiger partial charge in [0, 0.05) is 9.13 Å². The van der Waals surface area contributed by atoms with Crippen LogP contribution in [-0.2, 0) is 4.79 Å². The molecule has 120 valence electrons. The topological polar surface area (TPSA) is 76.7 Å². The predicted molar refractivity (Wildman–Crippen MR) is 93.3 cm³/mol. The van der Waals surface area contributed by atoms with Gasteiger partial charge in [-0.15, -0.1) is 0 Å². The van der Waals surface area contributed by atoms with Crippen LogP contribution >= 0.6 is 22.6 Å². The van der Waals surface area contributed by atoms with E-state index >= 15 is 0 Å². The Morgan fingerprint density at radius 1 is 1.04 bits per heavy atom. The molecule has 0 fully saturated rings. The molecule has 0 atom stereocenters. The van der Waals surface area contributed by atoms with Gasteiger partial charge in [0.15, 0.2) is 18.1 Å². The van der Waals surface area contributed by atoms with Gasteiger partial charge in [-0.1, -0.05) is 18.2 Å². The highest BCUT2D eigenvalue weighted by Crippen LogP contribution is 2.25. The molecule has 0 aliphatic rings. The summed E-state index contributed by atoms with van der Waals surface area (Å²) in [6, 6.07) is 14.0. The molecule has 0 aromatic heterocycles. The summed E-state index contributed by atoms with van der Waals surface area (Å²) >= 11 is 2.11. The van der Waals surface area contributed by atoms with E-state index in [0.717, 1.165) is 3.57 Å². The second-order valence-corrected chi connectivity index (χ2v) is 5.70. The average Bonchev–Trinajstić information content (AvgIpc) is 2.58. The number of amides is 2. The van der Waals surface area contributed by atoms with E-state index in [1.165, 1.54) is 7.11 Å². The van der Waals surface area contributed by atoms with Gasteiger partial charge in [-0.05, 0) is 52.9 Å². The zero-order valence-electron chi connectivity index (χ0n) is 12.3. The van der Waals surface area contributed by atoms with Crippen LogP contribution in [0, 0.1) is 3.57 Å². The predicted octanol–water partition coefficient (Wildman–Crippen LogP) is 2.14. The third kappa shape index (κ3) is 5.13. The van der Waals surface area contributed by atoms with Crippen molar-refractivity contribution in [1.29, 1.82) is 0 Å². The van der Waals surface area contributed by atoms with E-state index < -0.39 is 11.8 Å². The summed E-state index contributed by atoms with van der Waals surface area (Å²) in [5.41, 5.74) is 5.10. The van der Waals surface area contributed by atoms with Gasteiger partial charge in [-0.3, -0.25) is 20.4 Å². The number of rotatable bonds is 5. The zero-order chi connectivity index (χ0) is 16.7. The number of para-hydroxylation sites is 2. The van der Waals surface area contributed by atoms with E-state index in [0.29, 0.717) is 17.1 Å². The minimum atomic E-state index is -0.477. The van der Waals surface area contributed by atoms with Gasteiger partial charge < -0.3 is 9.47 Å². The lowest BCUT2D eigenvalue weighted by Crippen LogP contribution is -2.43. The van der Waals surface area contributed by atoms with Crippen LogP contribution in [-0.4, -0.2) is 25.5 Å². The van der Waals surface area contributed by atoms with Crippen molar-refractivity contribution in [1.82, 2.24) is 10.9 Å². The van der Waals surface area contributed by atoms with Gasteiger partial charge in [-0.25, -0.2) is 0 Å². The van der Waals surface area contributed by atoms with Crippen molar-refractivity contribution in [3.05, 3.63) is 57.7 Å². The highest BCUT2D eigenvalue weighted by Gasteiger charge is 2.09. The Morgan fingerprint density at radius 3 is 2.48 bits per heavy atom. The van der Waals surface area contributed by atoms with Crippen LogP contribution in [0.5, 0.6) is 11.5 Å². The third-order valence-electron chi connectivity index (χ3n) is 2.83. The Morgan fingerprint density at radius 2 is 1.78 bits per heavy atom. The van der Waals surface area contributed by atoms with E-state index in [2.05, 4.69) is 33.4 Å². The molecular weight excluding hydrogens is 411 g/mol. The Hall–Kier alpha value is -2.29. The van der Waals surface area contributed by atoms with Gasteiger partial charge >= 0.3 is 0 Å². The van der Waals surface area contributed by atoms with Crippen molar-refractivity contribution < 1.29 is 19.1 Å². The van der Waals surface area contributed by atoms with Gasteiger partial charge in [0.05, 0.1) is 7.11 Å². The second-order valence-electron chi connectivity index (χ2n) is 4.45. The van der Waals surface area contributed by atoms with Crippen molar-refractivity contribution >= 4 is 34.4 Å². The summed E-state index contributed by atoms with van der Waals surface area (Å²) in [7, 11) is 1.52. The molecule has 7 heteroatoms. The molecule has 0 aliphatic heterocycles. The Bertz CT molecular complexity index is 706. The maximum absolute atomic E-state index is 11.9. The summed E-state index contributed by atoms with van der Waals surface area (Å²) < 4.78 is 11.4. The van der Waals surface area contributed by atoms with E-state index in [1.807, 2.05) is 6.07 Å². The first kappa shape index (κ1) is 17.1. The SMILES string of the molecule is COc1ccccc1OCC(=O)NNC(=O)c1cccc(I)c1. The minimum Gasteiger partial charge on any atom is -0.493 e. The molecule has 2 rings (SSSR count). The van der Waals surface area contributed by atoms with Gasteiger partial charge in [0.25, 0.3) is 11.8 Å². The van der Waals surface area contributed by atoms with Crippen LogP contribution in [0.2, 0.25) is 0 Å². The van der Waals surface area contributed by atoms with Crippen LogP contribution < -0.4 is 20.3 Å². The van der Waals surface area contributed by atoms with Crippen LogP contribution in [0.4, 0.5) is 0 Å². The summed E-state index contributed by atoms with van der Waals surface area (Å²) in [6.45, 7) is -0.243. The number of carbonyl (C=O) groups excluding carboxylic acids is 2. The minimum absolute atomic E-state index is 0.243. The Kier molecular flexibility index (Phi) is 6.21. The van der Waals surface area contributed by atoms with Crippen molar-refractivity contribution in [3.8, 4) is 11.5 Å². The first-order chi connectivity index (χ1) is 11.1. The van der Waals surface area contributed by atoms with Crippen LogP contribution in [0.3, 0.4) is 0 Å². The average molecular weight is 426 g/mol. The molecule has 2 amide bonds. The van der Waals surface area contributed by atoms with Crippen molar-refractivity contribution in [2.24, 2.45) is 0 Å². The van der Waals surface area contributed by atoms with Gasteiger partial charge in [0.2, 0.25) is 0 Å². The number of nitrogens with one attached hydrogen (secondary N) is 2. The van der Waals surface area contributed by atoms with Crippen LogP contribution in [0.25, 0.3) is 0 Å². The molecule has 0 bridgehead atoms. The molecule has 2 aromatic carbocycles. The number of benzene rings is 2. The largest absolute Gasteiger partial charge is 0.493 e. The third-order valence-corrected chi connectivity index (χ3v) is 3.50. The highest BCUT2D eigenvalue weighted by molar-refractivity contribution is 14.1. The summed E-state index contributed by atoms with van der Waals surface area (Å²) in [5, 5.41) is 0. The fourth-order valence-electron chi connectivity index (χ4n) is 1.75. The monoisotopic (exact) mass is 426 g/mol. The molecule has 2 N–H and O–H groups in total. The fourth-order valence-corrected chi connectivity index (χ4v) is 2.29. The molecule has 23 heavy (non-hydrogen) atoms. The van der Waals surface area contributed by atoms with Gasteiger partial charge in [0.1, 0.15) is 0 Å². The Balaban J connectivity index is 1.82. The van der Waals surface area contributed by atoms with Crippen molar-refractivity contribution in [2.45, 2.75) is 0 Å². The van der Waals surface area contributed by atoms with E-state index in [-0.39, 0.29) is 6.61 Å². The van der Waals surface area contributed by atoms with Crippen molar-refractivity contribution in [3.63, 3.8) is 0 Å². The highest BCUT2D eigenvalue weighted by atomic mass is 127. The molecule has 0 unspecified atom stereocenters. The van der Waals surface area contributed by atoms with Gasteiger partial charge in [-0.2, -0.15) is 0 Å². The van der Waals surface area contributed by atoms with E-state index in [4.69, 9.17) is 9.47 Å². The standard InChI is InChI=1S/C16H15IN2O4/c1-22-13-7-2-3-8-14(13)23-10-15(20)18-19-16(21)11-5-4-6-12(17)9-11/h2-9H,10H2,1H3,(H,18,20)(H,19,21). The second kappa shape index (κ2) is 8.37. The van der Waals surface area contributed by atoms with Crippen molar-refractivity contribution in [2.75, 3.05) is 13.7 Å². The number of hydrazine groups is 1. The first-order valence-corrected chi connectivity index (χ1v) is 7.78. The lowest BCUT2D eigenvalue weighted by molar-refractivity contribution is -0.123. The number of carbonyl (C=O) groups is 2. The molecule has 0 radical (unpaired) electrons. The summed E-state index contributed by atoms with van der Waals surface area (Å²) in [6.07, 6.45) is 0. The maximum atomic E-state index is 11.9.